The highest BCUT2D eigenvalue weighted by molar-refractivity contribution is 7.99. The maximum Gasteiger partial charge on any atom is 0.236 e. The number of benzene rings is 1. The molecule has 0 radical (unpaired) electrons. The summed E-state index contributed by atoms with van der Waals surface area (Å²) in [5, 5.41) is 17.5. The Morgan fingerprint density at radius 1 is 1.35 bits per heavy atom. The highest BCUT2D eigenvalue weighted by Gasteiger charge is 2.11. The van der Waals surface area contributed by atoms with E-state index in [1.54, 1.807) is 4.68 Å². The molecule has 0 bridgehead atoms. The van der Waals surface area contributed by atoms with Gasteiger partial charge in [0, 0.05) is 5.38 Å². The second-order valence-corrected chi connectivity index (χ2v) is 6.54. The molecule has 0 atom stereocenters. The van der Waals surface area contributed by atoms with Crippen molar-refractivity contribution in [3.8, 4) is 0 Å². The van der Waals surface area contributed by atoms with Crippen LogP contribution in [0.1, 0.15) is 11.3 Å². The first-order valence-corrected chi connectivity index (χ1v) is 8.72. The molecule has 0 unspecified atom stereocenters. The van der Waals surface area contributed by atoms with E-state index in [-0.39, 0.29) is 11.7 Å². The van der Waals surface area contributed by atoms with Gasteiger partial charge in [-0.25, -0.2) is 9.67 Å². The number of rotatable bonds is 6. The van der Waals surface area contributed by atoms with Crippen LogP contribution in [0.15, 0.2) is 40.9 Å². The Hall–Kier alpha value is -2.26. The predicted octanol–water partition coefficient (Wildman–Crippen LogP) is 2.22. The van der Waals surface area contributed by atoms with Gasteiger partial charge in [0.1, 0.15) is 0 Å². The lowest BCUT2D eigenvalue weighted by molar-refractivity contribution is -0.113. The van der Waals surface area contributed by atoms with Crippen molar-refractivity contribution < 1.29 is 4.79 Å². The fourth-order valence-corrected chi connectivity index (χ4v) is 3.23. The molecule has 0 aliphatic carbocycles. The minimum Gasteiger partial charge on any atom is -0.301 e. The number of nitrogens with zero attached hydrogens (tertiary/aromatic N) is 5. The Morgan fingerprint density at radius 3 is 2.91 bits per heavy atom. The molecule has 3 aromatic rings. The second-order valence-electron chi connectivity index (χ2n) is 4.74. The minimum absolute atomic E-state index is 0.126. The van der Waals surface area contributed by atoms with Gasteiger partial charge in [0.2, 0.25) is 11.1 Å². The third-order valence-electron chi connectivity index (χ3n) is 2.87. The van der Waals surface area contributed by atoms with Crippen LogP contribution in [-0.2, 0) is 11.3 Å². The third kappa shape index (κ3) is 4.36. The molecule has 1 aromatic carbocycles. The number of aryl methyl sites for hydroxylation is 1. The molecule has 0 saturated carbocycles. The first-order valence-electron chi connectivity index (χ1n) is 6.85. The van der Waals surface area contributed by atoms with Gasteiger partial charge in [0.05, 0.1) is 18.0 Å². The summed E-state index contributed by atoms with van der Waals surface area (Å²) in [4.78, 5) is 16.1. The number of carbonyl (C=O) groups is 1. The molecule has 23 heavy (non-hydrogen) atoms. The minimum atomic E-state index is -0.126. The highest BCUT2D eigenvalue weighted by Crippen LogP contribution is 2.18. The second kappa shape index (κ2) is 7.34. The summed E-state index contributed by atoms with van der Waals surface area (Å²) in [6, 6.07) is 9.91. The number of hydrogen-bond donors (Lipinski definition) is 1. The van der Waals surface area contributed by atoms with Gasteiger partial charge in [0.25, 0.3) is 0 Å². The molecular weight excluding hydrogens is 332 g/mol. The van der Waals surface area contributed by atoms with Crippen molar-refractivity contribution in [2.75, 3.05) is 11.1 Å². The Morgan fingerprint density at radius 2 is 2.17 bits per heavy atom. The Labute approximate surface area is 141 Å². The van der Waals surface area contributed by atoms with Crippen LogP contribution in [0.2, 0.25) is 0 Å². The van der Waals surface area contributed by atoms with Crippen molar-refractivity contribution in [2.45, 2.75) is 18.6 Å². The number of amides is 1. The maximum atomic E-state index is 11.9. The van der Waals surface area contributed by atoms with Crippen LogP contribution in [0.5, 0.6) is 0 Å². The topological polar surface area (TPSA) is 85.6 Å². The van der Waals surface area contributed by atoms with Crippen LogP contribution >= 0.6 is 23.1 Å². The predicted molar refractivity (Wildman–Crippen MR) is 89.6 cm³/mol. The van der Waals surface area contributed by atoms with E-state index in [0.29, 0.717) is 16.8 Å². The van der Waals surface area contributed by atoms with Gasteiger partial charge in [-0.05, 0) is 22.9 Å². The molecule has 2 aromatic heterocycles. The molecule has 0 spiro atoms. The summed E-state index contributed by atoms with van der Waals surface area (Å²) >= 11 is 2.71. The number of aromatic nitrogens is 5. The summed E-state index contributed by atoms with van der Waals surface area (Å²) in [6.07, 6.45) is 0. The summed E-state index contributed by atoms with van der Waals surface area (Å²) in [5.74, 6) is 0.104. The van der Waals surface area contributed by atoms with Crippen molar-refractivity contribution in [2.24, 2.45) is 0 Å². The molecule has 0 aliphatic rings. The molecule has 0 saturated heterocycles. The molecule has 1 amide bonds. The zero-order valence-corrected chi connectivity index (χ0v) is 14.0. The van der Waals surface area contributed by atoms with Gasteiger partial charge in [-0.3, -0.25) is 4.79 Å². The summed E-state index contributed by atoms with van der Waals surface area (Å²) in [7, 11) is 0. The number of carbonyl (C=O) groups excluding carboxylic acids is 1. The van der Waals surface area contributed by atoms with E-state index < -0.39 is 0 Å². The van der Waals surface area contributed by atoms with Gasteiger partial charge in [-0.1, -0.05) is 42.1 Å². The van der Waals surface area contributed by atoms with E-state index >= 15 is 0 Å². The molecule has 0 fully saturated rings. The monoisotopic (exact) mass is 346 g/mol. The van der Waals surface area contributed by atoms with Gasteiger partial charge in [-0.2, -0.15) is 0 Å². The molecule has 1 N–H and O–H groups in total. The van der Waals surface area contributed by atoms with Crippen molar-refractivity contribution in [3.05, 3.63) is 47.0 Å². The normalized spacial score (nSPS) is 10.7. The molecule has 2 heterocycles. The van der Waals surface area contributed by atoms with Crippen LogP contribution in [0.25, 0.3) is 0 Å². The molecule has 0 aliphatic heterocycles. The van der Waals surface area contributed by atoms with E-state index in [1.807, 2.05) is 42.6 Å². The zero-order chi connectivity index (χ0) is 16.1. The summed E-state index contributed by atoms with van der Waals surface area (Å²) < 4.78 is 1.68. The number of nitrogens with one attached hydrogen (secondary N) is 1. The van der Waals surface area contributed by atoms with Crippen LogP contribution in [0.3, 0.4) is 0 Å². The highest BCUT2D eigenvalue weighted by atomic mass is 32.2. The zero-order valence-electron chi connectivity index (χ0n) is 12.3. The summed E-state index contributed by atoms with van der Waals surface area (Å²) in [5.41, 5.74) is 1.99. The van der Waals surface area contributed by atoms with Gasteiger partial charge < -0.3 is 5.32 Å². The Kier molecular flexibility index (Phi) is 4.99. The Balaban J connectivity index is 1.56. The fraction of sp³-hybridized carbons (Fsp3) is 0.214. The van der Waals surface area contributed by atoms with Crippen molar-refractivity contribution >= 4 is 34.1 Å². The molecule has 7 nitrogen and oxygen atoms in total. The van der Waals surface area contributed by atoms with E-state index in [9.17, 15) is 4.79 Å². The summed E-state index contributed by atoms with van der Waals surface area (Å²) in [6.45, 7) is 2.46. The molecule has 9 heteroatoms. The quantitative estimate of drug-likeness (QED) is 0.689. The average Bonchev–Trinajstić information content (AvgIpc) is 3.15. The van der Waals surface area contributed by atoms with Crippen molar-refractivity contribution in [3.63, 3.8) is 0 Å². The number of thiazole rings is 1. The number of anilines is 1. The van der Waals surface area contributed by atoms with Crippen LogP contribution in [-0.4, -0.2) is 36.9 Å². The maximum absolute atomic E-state index is 11.9. The lowest BCUT2D eigenvalue weighted by Gasteiger charge is -2.04. The number of hydrogen-bond acceptors (Lipinski definition) is 7. The SMILES string of the molecule is Cc1csc(NC(=O)CSc2nnnn2Cc2ccccc2)n1. The van der Waals surface area contributed by atoms with Crippen LogP contribution in [0, 0.1) is 6.92 Å². The third-order valence-corrected chi connectivity index (χ3v) is 4.70. The lowest BCUT2D eigenvalue weighted by Crippen LogP contribution is -2.14. The molecule has 118 valence electrons. The average molecular weight is 346 g/mol. The molecular formula is C14H14N6OS2. The van der Waals surface area contributed by atoms with E-state index in [4.69, 9.17) is 0 Å². The van der Waals surface area contributed by atoms with E-state index in [1.165, 1.54) is 23.1 Å². The van der Waals surface area contributed by atoms with Crippen LogP contribution < -0.4 is 5.32 Å². The van der Waals surface area contributed by atoms with Crippen molar-refractivity contribution in [1.82, 2.24) is 25.2 Å². The van der Waals surface area contributed by atoms with Gasteiger partial charge >= 0.3 is 0 Å². The van der Waals surface area contributed by atoms with Gasteiger partial charge in [-0.15, -0.1) is 16.4 Å². The van der Waals surface area contributed by atoms with E-state index in [2.05, 4.69) is 25.8 Å². The van der Waals surface area contributed by atoms with Gasteiger partial charge in [0.15, 0.2) is 5.13 Å². The van der Waals surface area contributed by atoms with Crippen molar-refractivity contribution in [1.29, 1.82) is 0 Å². The van der Waals surface area contributed by atoms with Crippen LogP contribution in [0.4, 0.5) is 5.13 Å². The fourth-order valence-electron chi connectivity index (χ4n) is 1.85. The first kappa shape index (κ1) is 15.6. The molecule has 3 rings (SSSR count). The number of tetrazole rings is 1. The van der Waals surface area contributed by atoms with E-state index in [0.717, 1.165) is 11.3 Å². The smallest absolute Gasteiger partial charge is 0.236 e. The lowest BCUT2D eigenvalue weighted by atomic mass is 10.2. The largest absolute Gasteiger partial charge is 0.301 e. The standard InChI is InChI=1S/C14H14N6OS2/c1-10-8-22-13(15-10)16-12(21)9-23-14-17-18-19-20(14)7-11-5-3-2-4-6-11/h2-6,8H,7,9H2,1H3,(H,15,16,21). The Bertz CT molecular complexity index is 785. The number of thioether (sulfide) groups is 1. The first-order chi connectivity index (χ1) is 11.2.